The molecule has 0 saturated heterocycles. The molecule has 0 aromatic heterocycles. The molecular formula is C14H18N2O2. The Morgan fingerprint density at radius 1 is 1.33 bits per heavy atom. The molecule has 1 unspecified atom stereocenters. The Morgan fingerprint density at radius 2 is 1.94 bits per heavy atom. The van der Waals surface area contributed by atoms with Gasteiger partial charge < -0.3 is 4.84 Å². The van der Waals surface area contributed by atoms with E-state index >= 15 is 0 Å². The van der Waals surface area contributed by atoms with Crippen LogP contribution >= 0.6 is 0 Å². The minimum Gasteiger partial charge on any atom is -0.365 e. The van der Waals surface area contributed by atoms with E-state index in [2.05, 4.69) is 4.99 Å². The summed E-state index contributed by atoms with van der Waals surface area (Å²) < 4.78 is 0. The van der Waals surface area contributed by atoms with Gasteiger partial charge in [-0.15, -0.1) is 5.06 Å². The molecule has 0 fully saturated rings. The zero-order valence-electron chi connectivity index (χ0n) is 11.2. The van der Waals surface area contributed by atoms with E-state index in [-0.39, 0.29) is 12.1 Å². The molecule has 2 rings (SSSR count). The molecule has 1 aromatic carbocycles. The first-order chi connectivity index (χ1) is 8.43. The molecule has 1 aliphatic rings. The Balaban J connectivity index is 2.34. The minimum absolute atomic E-state index is 0.167. The summed E-state index contributed by atoms with van der Waals surface area (Å²) in [6.45, 7) is 7.33. The highest BCUT2D eigenvalue weighted by atomic mass is 16.7. The summed E-state index contributed by atoms with van der Waals surface area (Å²) >= 11 is 0. The first-order valence-corrected chi connectivity index (χ1v) is 6.04. The Hall–Kier alpha value is -1.68. The van der Waals surface area contributed by atoms with Crippen molar-refractivity contribution in [2.75, 3.05) is 0 Å². The lowest BCUT2D eigenvalue weighted by Crippen LogP contribution is -2.48. The molecule has 1 aromatic rings. The van der Waals surface area contributed by atoms with Crippen LogP contribution in [0.2, 0.25) is 0 Å². The molecule has 1 atom stereocenters. The third-order valence-corrected chi connectivity index (χ3v) is 3.06. The largest absolute Gasteiger partial charge is 0.365 e. The van der Waals surface area contributed by atoms with Gasteiger partial charge in [0.2, 0.25) is 0 Å². The fraction of sp³-hybridized carbons (Fsp3) is 0.429. The van der Waals surface area contributed by atoms with Gasteiger partial charge in [0.05, 0.1) is 11.3 Å². The maximum Gasteiger partial charge on any atom is 0.322 e. The molecule has 0 radical (unpaired) electrons. The van der Waals surface area contributed by atoms with E-state index in [4.69, 9.17) is 4.84 Å². The molecule has 96 valence electrons. The molecule has 18 heavy (non-hydrogen) atoms. The number of hydroxylamine groups is 2. The lowest BCUT2D eigenvalue weighted by Gasteiger charge is -2.32. The van der Waals surface area contributed by atoms with E-state index in [0.29, 0.717) is 0 Å². The van der Waals surface area contributed by atoms with Gasteiger partial charge in [0.15, 0.2) is 0 Å². The molecule has 0 N–H and O–H groups in total. The summed E-state index contributed by atoms with van der Waals surface area (Å²) in [5, 5.41) is 1.65. The standard InChI is InChI=1S/C14H18N2O2/c1-10-15-13(12-8-6-5-7-9-12)14(3,4)16(10)18-11(2)17/h5-10H,1-4H3. The van der Waals surface area contributed by atoms with Gasteiger partial charge in [-0.1, -0.05) is 30.3 Å². The van der Waals surface area contributed by atoms with Crippen LogP contribution in [0, 0.1) is 0 Å². The average Bonchev–Trinajstić information content (AvgIpc) is 2.53. The molecular weight excluding hydrogens is 228 g/mol. The van der Waals surface area contributed by atoms with Crippen LogP contribution in [-0.4, -0.2) is 28.4 Å². The minimum atomic E-state index is -0.424. The van der Waals surface area contributed by atoms with Crippen LogP contribution in [0.4, 0.5) is 0 Å². The van der Waals surface area contributed by atoms with Crippen LogP contribution in [0.3, 0.4) is 0 Å². The number of aliphatic imine (C=N–C) groups is 1. The van der Waals surface area contributed by atoms with Gasteiger partial charge in [0.25, 0.3) is 0 Å². The quantitative estimate of drug-likeness (QED) is 0.804. The number of nitrogens with zero attached hydrogens (tertiary/aromatic N) is 2. The zero-order valence-corrected chi connectivity index (χ0v) is 11.2. The highest BCUT2D eigenvalue weighted by Gasteiger charge is 2.44. The number of carbonyl (C=O) groups is 1. The maximum atomic E-state index is 11.2. The fourth-order valence-electron chi connectivity index (χ4n) is 2.32. The van der Waals surface area contributed by atoms with Gasteiger partial charge in [0, 0.05) is 6.92 Å². The molecule has 0 saturated carbocycles. The Bertz CT molecular complexity index is 480. The summed E-state index contributed by atoms with van der Waals surface area (Å²) in [5.74, 6) is -0.320. The predicted octanol–water partition coefficient (Wildman–Crippen LogP) is 2.39. The van der Waals surface area contributed by atoms with E-state index in [1.807, 2.05) is 51.1 Å². The SMILES string of the molecule is CC(=O)ON1C(C)N=C(c2ccccc2)C1(C)C. The zero-order chi connectivity index (χ0) is 13.3. The summed E-state index contributed by atoms with van der Waals surface area (Å²) in [7, 11) is 0. The van der Waals surface area contributed by atoms with Crippen LogP contribution in [0.1, 0.15) is 33.3 Å². The number of hydrogen-bond donors (Lipinski definition) is 0. The van der Waals surface area contributed by atoms with E-state index in [1.165, 1.54) is 6.92 Å². The Kier molecular flexibility index (Phi) is 3.22. The molecule has 1 aliphatic heterocycles. The third kappa shape index (κ3) is 2.16. The number of carbonyl (C=O) groups excluding carboxylic acids is 1. The van der Waals surface area contributed by atoms with Gasteiger partial charge in [-0.25, -0.2) is 0 Å². The average molecular weight is 246 g/mol. The van der Waals surface area contributed by atoms with Gasteiger partial charge in [-0.05, 0) is 26.3 Å². The van der Waals surface area contributed by atoms with E-state index in [1.54, 1.807) is 5.06 Å². The maximum absolute atomic E-state index is 11.2. The second kappa shape index (κ2) is 4.53. The molecule has 4 heteroatoms. The Labute approximate surface area is 107 Å². The van der Waals surface area contributed by atoms with Crippen molar-refractivity contribution in [3.63, 3.8) is 0 Å². The highest BCUT2D eigenvalue weighted by molar-refractivity contribution is 6.08. The van der Waals surface area contributed by atoms with Crippen molar-refractivity contribution in [1.29, 1.82) is 0 Å². The lowest BCUT2D eigenvalue weighted by atomic mass is 9.93. The lowest BCUT2D eigenvalue weighted by molar-refractivity contribution is -0.211. The molecule has 0 spiro atoms. The molecule has 0 amide bonds. The van der Waals surface area contributed by atoms with Crippen molar-refractivity contribution < 1.29 is 9.63 Å². The fourth-order valence-corrected chi connectivity index (χ4v) is 2.32. The number of hydrogen-bond acceptors (Lipinski definition) is 4. The van der Waals surface area contributed by atoms with Gasteiger partial charge in [-0.2, -0.15) is 0 Å². The van der Waals surface area contributed by atoms with Gasteiger partial charge in [-0.3, -0.25) is 9.79 Å². The smallest absolute Gasteiger partial charge is 0.322 e. The van der Waals surface area contributed by atoms with E-state index < -0.39 is 5.54 Å². The first-order valence-electron chi connectivity index (χ1n) is 6.04. The second-order valence-corrected chi connectivity index (χ2v) is 4.94. The van der Waals surface area contributed by atoms with Crippen LogP contribution in [-0.2, 0) is 9.63 Å². The van der Waals surface area contributed by atoms with E-state index in [9.17, 15) is 4.79 Å². The van der Waals surface area contributed by atoms with Crippen molar-refractivity contribution in [3.8, 4) is 0 Å². The number of rotatable bonds is 2. The van der Waals surface area contributed by atoms with Crippen LogP contribution < -0.4 is 0 Å². The summed E-state index contributed by atoms with van der Waals surface area (Å²) in [6, 6.07) is 9.97. The molecule has 0 aliphatic carbocycles. The summed E-state index contributed by atoms with van der Waals surface area (Å²) in [6.07, 6.45) is -0.167. The predicted molar refractivity (Wildman–Crippen MR) is 70.1 cm³/mol. The van der Waals surface area contributed by atoms with Gasteiger partial charge in [0.1, 0.15) is 6.17 Å². The highest BCUT2D eigenvalue weighted by Crippen LogP contribution is 2.31. The summed E-state index contributed by atoms with van der Waals surface area (Å²) in [5.41, 5.74) is 1.58. The number of benzene rings is 1. The summed E-state index contributed by atoms with van der Waals surface area (Å²) in [4.78, 5) is 21.0. The molecule has 4 nitrogen and oxygen atoms in total. The molecule has 0 bridgehead atoms. The van der Waals surface area contributed by atoms with Crippen LogP contribution in [0.15, 0.2) is 35.3 Å². The van der Waals surface area contributed by atoms with Crippen LogP contribution in [0.5, 0.6) is 0 Å². The van der Waals surface area contributed by atoms with E-state index in [0.717, 1.165) is 11.3 Å². The topological polar surface area (TPSA) is 41.9 Å². The molecule has 1 heterocycles. The van der Waals surface area contributed by atoms with Crippen molar-refractivity contribution in [2.45, 2.75) is 39.4 Å². The van der Waals surface area contributed by atoms with Crippen LogP contribution in [0.25, 0.3) is 0 Å². The monoisotopic (exact) mass is 246 g/mol. The van der Waals surface area contributed by atoms with Crippen molar-refractivity contribution in [3.05, 3.63) is 35.9 Å². The van der Waals surface area contributed by atoms with Crippen molar-refractivity contribution in [2.24, 2.45) is 4.99 Å². The third-order valence-electron chi connectivity index (χ3n) is 3.06. The van der Waals surface area contributed by atoms with Crippen molar-refractivity contribution in [1.82, 2.24) is 5.06 Å². The first kappa shape index (κ1) is 12.8. The normalized spacial score (nSPS) is 22.7. The Morgan fingerprint density at radius 3 is 2.50 bits per heavy atom. The van der Waals surface area contributed by atoms with Gasteiger partial charge >= 0.3 is 5.97 Å². The second-order valence-electron chi connectivity index (χ2n) is 4.94. The van der Waals surface area contributed by atoms with Crippen molar-refractivity contribution >= 4 is 11.7 Å².